The number of aryl methyl sites for hydroxylation is 1. The van der Waals surface area contributed by atoms with Gasteiger partial charge in [0.1, 0.15) is 0 Å². The molecule has 11 heavy (non-hydrogen) atoms. The predicted molar refractivity (Wildman–Crippen MR) is 52.9 cm³/mol. The van der Waals surface area contributed by atoms with Crippen LogP contribution in [0.1, 0.15) is 12.5 Å². The van der Waals surface area contributed by atoms with Gasteiger partial charge in [0, 0.05) is 6.20 Å². The fourth-order valence-electron chi connectivity index (χ4n) is 0.753. The van der Waals surface area contributed by atoms with Crippen molar-refractivity contribution < 1.29 is 4.74 Å². The Morgan fingerprint density at radius 3 is 3.00 bits per heavy atom. The molecule has 0 radical (unpaired) electrons. The van der Waals surface area contributed by atoms with E-state index in [2.05, 4.69) is 27.6 Å². The summed E-state index contributed by atoms with van der Waals surface area (Å²) < 4.78 is 6.40. The number of hydrogen-bond acceptors (Lipinski definition) is 2. The highest BCUT2D eigenvalue weighted by Crippen LogP contribution is 2.20. The van der Waals surface area contributed by atoms with Crippen LogP contribution in [-0.4, -0.2) is 11.6 Å². The molecule has 0 aliphatic carbocycles. The lowest BCUT2D eigenvalue weighted by molar-refractivity contribution is 0.324. The first-order valence-electron chi connectivity index (χ1n) is 3.49. The Hall–Kier alpha value is -0.320. The Balaban J connectivity index is 2.96. The second kappa shape index (κ2) is 3.90. The van der Waals surface area contributed by atoms with Crippen LogP contribution in [0.5, 0.6) is 5.88 Å². The zero-order valence-corrected chi connectivity index (χ0v) is 8.75. The standard InChI is InChI=1S/C8H10INO/c1-3-11-8-7(9)6(2)4-5-10-8/h4-5H,3H2,1-2H3. The molecule has 1 rings (SSSR count). The van der Waals surface area contributed by atoms with Gasteiger partial charge in [-0.2, -0.15) is 0 Å². The maximum atomic E-state index is 5.30. The highest BCUT2D eigenvalue weighted by molar-refractivity contribution is 14.1. The minimum atomic E-state index is 0.673. The third-order valence-electron chi connectivity index (χ3n) is 1.33. The van der Waals surface area contributed by atoms with Gasteiger partial charge in [-0.15, -0.1) is 0 Å². The molecule has 0 saturated heterocycles. The van der Waals surface area contributed by atoms with Gasteiger partial charge >= 0.3 is 0 Å². The van der Waals surface area contributed by atoms with Gasteiger partial charge in [-0.1, -0.05) is 0 Å². The zero-order valence-electron chi connectivity index (χ0n) is 6.60. The molecular weight excluding hydrogens is 253 g/mol. The van der Waals surface area contributed by atoms with E-state index in [9.17, 15) is 0 Å². The molecule has 60 valence electrons. The minimum absolute atomic E-state index is 0.673. The van der Waals surface area contributed by atoms with Crippen molar-refractivity contribution in [3.8, 4) is 5.88 Å². The molecule has 0 aromatic carbocycles. The number of halogens is 1. The molecule has 0 unspecified atom stereocenters. The quantitative estimate of drug-likeness (QED) is 0.764. The molecule has 0 aliphatic rings. The largest absolute Gasteiger partial charge is 0.477 e. The van der Waals surface area contributed by atoms with E-state index < -0.39 is 0 Å². The van der Waals surface area contributed by atoms with Crippen molar-refractivity contribution in [2.45, 2.75) is 13.8 Å². The minimum Gasteiger partial charge on any atom is -0.477 e. The van der Waals surface area contributed by atoms with E-state index in [1.54, 1.807) is 6.20 Å². The van der Waals surface area contributed by atoms with E-state index in [1.807, 2.05) is 19.9 Å². The predicted octanol–water partition coefficient (Wildman–Crippen LogP) is 2.39. The molecule has 1 aromatic rings. The first-order valence-corrected chi connectivity index (χ1v) is 4.57. The summed E-state index contributed by atoms with van der Waals surface area (Å²) in [6, 6.07) is 1.98. The Labute approximate surface area is 80.1 Å². The van der Waals surface area contributed by atoms with Crippen molar-refractivity contribution in [3.63, 3.8) is 0 Å². The van der Waals surface area contributed by atoms with Crippen LogP contribution in [0.4, 0.5) is 0 Å². The molecule has 3 heteroatoms. The Morgan fingerprint density at radius 2 is 2.36 bits per heavy atom. The van der Waals surface area contributed by atoms with Crippen molar-refractivity contribution in [2.75, 3.05) is 6.61 Å². The Morgan fingerprint density at radius 1 is 1.64 bits per heavy atom. The number of pyridine rings is 1. The molecule has 0 atom stereocenters. The maximum absolute atomic E-state index is 5.30. The van der Waals surface area contributed by atoms with E-state index >= 15 is 0 Å². The second-order valence-corrected chi connectivity index (χ2v) is 3.26. The molecule has 0 bridgehead atoms. The van der Waals surface area contributed by atoms with E-state index in [0.29, 0.717) is 6.61 Å². The number of nitrogens with zero attached hydrogens (tertiary/aromatic N) is 1. The van der Waals surface area contributed by atoms with Crippen LogP contribution >= 0.6 is 22.6 Å². The summed E-state index contributed by atoms with van der Waals surface area (Å²) in [6.45, 7) is 4.68. The number of rotatable bonds is 2. The van der Waals surface area contributed by atoms with Crippen molar-refractivity contribution in [3.05, 3.63) is 21.4 Å². The number of aromatic nitrogens is 1. The Bertz CT molecular complexity index is 250. The average Bonchev–Trinajstić information content (AvgIpc) is 1.99. The summed E-state index contributed by atoms with van der Waals surface area (Å²) in [6.07, 6.45) is 1.77. The molecule has 0 fully saturated rings. The summed E-state index contributed by atoms with van der Waals surface area (Å²) >= 11 is 2.24. The number of ether oxygens (including phenoxy) is 1. The summed E-state index contributed by atoms with van der Waals surface area (Å²) in [7, 11) is 0. The van der Waals surface area contributed by atoms with E-state index in [0.717, 1.165) is 9.45 Å². The lowest BCUT2D eigenvalue weighted by atomic mass is 10.3. The molecule has 2 nitrogen and oxygen atoms in total. The second-order valence-electron chi connectivity index (χ2n) is 2.18. The van der Waals surface area contributed by atoms with Crippen molar-refractivity contribution in [1.29, 1.82) is 0 Å². The lowest BCUT2D eigenvalue weighted by Crippen LogP contribution is -1.97. The van der Waals surface area contributed by atoms with Crippen molar-refractivity contribution in [2.24, 2.45) is 0 Å². The van der Waals surface area contributed by atoms with Gasteiger partial charge in [-0.3, -0.25) is 0 Å². The number of hydrogen-bond donors (Lipinski definition) is 0. The third-order valence-corrected chi connectivity index (χ3v) is 2.64. The molecule has 0 aliphatic heterocycles. The summed E-state index contributed by atoms with van der Waals surface area (Å²) in [5, 5.41) is 0. The summed E-state index contributed by atoms with van der Waals surface area (Å²) in [4.78, 5) is 4.10. The van der Waals surface area contributed by atoms with Crippen LogP contribution in [0.3, 0.4) is 0 Å². The van der Waals surface area contributed by atoms with E-state index in [-0.39, 0.29) is 0 Å². The monoisotopic (exact) mass is 263 g/mol. The lowest BCUT2D eigenvalue weighted by Gasteiger charge is -2.04. The average molecular weight is 263 g/mol. The SMILES string of the molecule is CCOc1nccc(C)c1I. The summed E-state index contributed by atoms with van der Waals surface area (Å²) in [5.74, 6) is 0.744. The van der Waals surface area contributed by atoms with Crippen LogP contribution in [0, 0.1) is 10.5 Å². The van der Waals surface area contributed by atoms with Crippen LogP contribution < -0.4 is 4.74 Å². The van der Waals surface area contributed by atoms with Gasteiger partial charge < -0.3 is 4.74 Å². The Kier molecular flexibility index (Phi) is 3.11. The molecule has 0 N–H and O–H groups in total. The normalized spacial score (nSPS) is 9.73. The molecular formula is C8H10INO. The van der Waals surface area contributed by atoms with Gasteiger partial charge in [-0.05, 0) is 48.1 Å². The van der Waals surface area contributed by atoms with Crippen LogP contribution in [0.15, 0.2) is 12.3 Å². The highest BCUT2D eigenvalue weighted by atomic mass is 127. The van der Waals surface area contributed by atoms with Crippen molar-refractivity contribution in [1.82, 2.24) is 4.98 Å². The van der Waals surface area contributed by atoms with Crippen LogP contribution in [0.2, 0.25) is 0 Å². The van der Waals surface area contributed by atoms with Crippen LogP contribution in [0.25, 0.3) is 0 Å². The molecule has 1 aromatic heterocycles. The summed E-state index contributed by atoms with van der Waals surface area (Å²) in [5.41, 5.74) is 1.21. The van der Waals surface area contributed by atoms with Gasteiger partial charge in [0.2, 0.25) is 5.88 Å². The van der Waals surface area contributed by atoms with Gasteiger partial charge in [-0.25, -0.2) is 4.98 Å². The first-order chi connectivity index (χ1) is 5.25. The topological polar surface area (TPSA) is 22.1 Å². The van der Waals surface area contributed by atoms with Gasteiger partial charge in [0.25, 0.3) is 0 Å². The maximum Gasteiger partial charge on any atom is 0.227 e. The van der Waals surface area contributed by atoms with E-state index in [1.165, 1.54) is 5.56 Å². The van der Waals surface area contributed by atoms with Gasteiger partial charge in [0.05, 0.1) is 10.2 Å². The highest BCUT2D eigenvalue weighted by Gasteiger charge is 2.02. The van der Waals surface area contributed by atoms with Gasteiger partial charge in [0.15, 0.2) is 0 Å². The fraction of sp³-hybridized carbons (Fsp3) is 0.375. The van der Waals surface area contributed by atoms with E-state index in [4.69, 9.17) is 4.74 Å². The molecule has 0 spiro atoms. The molecule has 0 saturated carbocycles. The van der Waals surface area contributed by atoms with Crippen molar-refractivity contribution >= 4 is 22.6 Å². The zero-order chi connectivity index (χ0) is 8.27. The molecule has 0 amide bonds. The fourth-order valence-corrected chi connectivity index (χ4v) is 1.23. The van der Waals surface area contributed by atoms with Crippen LogP contribution in [-0.2, 0) is 0 Å². The smallest absolute Gasteiger partial charge is 0.227 e. The third kappa shape index (κ3) is 2.05. The first kappa shape index (κ1) is 8.77. The molecule has 1 heterocycles.